The Bertz CT molecular complexity index is 711. The third kappa shape index (κ3) is 3.58. The minimum Gasteiger partial charge on any atom is -0.353 e. The molecule has 2 aromatic heterocycles. The normalized spacial score (nSPS) is 17.9. The Labute approximate surface area is 142 Å². The number of aliphatic imine (C=N–C) groups is 1. The first kappa shape index (κ1) is 16.5. The molecule has 0 fully saturated rings. The summed E-state index contributed by atoms with van der Waals surface area (Å²) in [5.74, 6) is 1.66. The van der Waals surface area contributed by atoms with E-state index in [1.54, 1.807) is 13.4 Å². The summed E-state index contributed by atoms with van der Waals surface area (Å²) in [6.07, 6.45) is 6.96. The maximum atomic E-state index is 4.73. The predicted molar refractivity (Wildman–Crippen MR) is 92.8 cm³/mol. The molecule has 0 aromatic carbocycles. The Balaban J connectivity index is 1.57. The van der Waals surface area contributed by atoms with Crippen LogP contribution < -0.4 is 10.6 Å². The summed E-state index contributed by atoms with van der Waals surface area (Å²) in [5.41, 5.74) is 2.58. The van der Waals surface area contributed by atoms with Gasteiger partial charge in [0, 0.05) is 38.8 Å². The van der Waals surface area contributed by atoms with Gasteiger partial charge in [-0.3, -0.25) is 9.67 Å². The van der Waals surface area contributed by atoms with E-state index in [-0.39, 0.29) is 0 Å². The summed E-state index contributed by atoms with van der Waals surface area (Å²) in [6, 6.07) is 0.751. The second kappa shape index (κ2) is 7.02. The van der Waals surface area contributed by atoms with E-state index in [4.69, 9.17) is 5.10 Å². The smallest absolute Gasteiger partial charge is 0.191 e. The molecule has 2 heterocycles. The molecule has 0 saturated carbocycles. The van der Waals surface area contributed by atoms with Gasteiger partial charge in [-0.15, -0.1) is 10.2 Å². The molecule has 1 atom stereocenters. The molecule has 2 aromatic rings. The fraction of sp³-hybridized carbons (Fsp3) is 0.625. The van der Waals surface area contributed by atoms with Crippen molar-refractivity contribution in [2.75, 3.05) is 7.05 Å². The first-order chi connectivity index (χ1) is 11.6. The van der Waals surface area contributed by atoms with Crippen LogP contribution in [-0.2, 0) is 26.4 Å². The van der Waals surface area contributed by atoms with Gasteiger partial charge in [-0.25, -0.2) is 0 Å². The molecule has 1 unspecified atom stereocenters. The van der Waals surface area contributed by atoms with E-state index >= 15 is 0 Å². The van der Waals surface area contributed by atoms with Crippen molar-refractivity contribution in [3.8, 4) is 0 Å². The largest absolute Gasteiger partial charge is 0.353 e. The molecular weight excluding hydrogens is 304 g/mol. The van der Waals surface area contributed by atoms with Gasteiger partial charge in [0.25, 0.3) is 0 Å². The van der Waals surface area contributed by atoms with Crippen LogP contribution in [0.25, 0.3) is 0 Å². The quantitative estimate of drug-likeness (QED) is 0.640. The lowest BCUT2D eigenvalue weighted by Crippen LogP contribution is -2.45. The first-order valence-corrected chi connectivity index (χ1v) is 8.43. The molecule has 24 heavy (non-hydrogen) atoms. The third-order valence-corrected chi connectivity index (χ3v) is 4.41. The Kier molecular flexibility index (Phi) is 4.82. The summed E-state index contributed by atoms with van der Waals surface area (Å²) in [5, 5.41) is 19.5. The van der Waals surface area contributed by atoms with Crippen molar-refractivity contribution < 1.29 is 0 Å². The predicted octanol–water partition coefficient (Wildman–Crippen LogP) is 0.815. The average Bonchev–Trinajstić information content (AvgIpc) is 3.17. The van der Waals surface area contributed by atoms with Crippen LogP contribution in [0.2, 0.25) is 0 Å². The molecule has 0 aliphatic heterocycles. The molecule has 0 saturated heterocycles. The van der Waals surface area contributed by atoms with Crippen molar-refractivity contribution in [3.63, 3.8) is 0 Å². The number of rotatable bonds is 4. The summed E-state index contributed by atoms with van der Waals surface area (Å²) >= 11 is 0. The van der Waals surface area contributed by atoms with Gasteiger partial charge >= 0.3 is 0 Å². The molecule has 1 aliphatic carbocycles. The highest BCUT2D eigenvalue weighted by atomic mass is 15.3. The molecule has 0 bridgehead atoms. The zero-order valence-electron chi connectivity index (χ0n) is 14.8. The van der Waals surface area contributed by atoms with Gasteiger partial charge in [0.1, 0.15) is 6.33 Å². The first-order valence-electron chi connectivity index (χ1n) is 8.43. The van der Waals surface area contributed by atoms with Crippen LogP contribution in [0.15, 0.2) is 17.5 Å². The Hall–Kier alpha value is -2.38. The van der Waals surface area contributed by atoms with Crippen molar-refractivity contribution in [2.24, 2.45) is 12.0 Å². The fourth-order valence-corrected chi connectivity index (χ4v) is 2.92. The minimum absolute atomic E-state index is 0.346. The minimum atomic E-state index is 0.346. The van der Waals surface area contributed by atoms with Gasteiger partial charge in [-0.2, -0.15) is 5.10 Å². The van der Waals surface area contributed by atoms with Gasteiger partial charge < -0.3 is 15.2 Å². The zero-order chi connectivity index (χ0) is 17.1. The van der Waals surface area contributed by atoms with E-state index in [2.05, 4.69) is 50.5 Å². The molecule has 8 nitrogen and oxygen atoms in total. The number of aryl methyl sites for hydroxylation is 2. The van der Waals surface area contributed by atoms with E-state index < -0.39 is 0 Å². The molecule has 8 heteroatoms. The van der Waals surface area contributed by atoms with Crippen molar-refractivity contribution in [2.45, 2.75) is 51.7 Å². The van der Waals surface area contributed by atoms with E-state index in [1.165, 1.54) is 11.3 Å². The number of nitrogens with one attached hydrogen (secondary N) is 2. The van der Waals surface area contributed by atoms with Gasteiger partial charge in [-0.05, 0) is 32.3 Å². The van der Waals surface area contributed by atoms with Crippen molar-refractivity contribution in [1.29, 1.82) is 0 Å². The molecule has 0 amide bonds. The van der Waals surface area contributed by atoms with Gasteiger partial charge in [0.15, 0.2) is 11.8 Å². The van der Waals surface area contributed by atoms with E-state index in [0.717, 1.165) is 31.0 Å². The Morgan fingerprint density at radius 1 is 1.46 bits per heavy atom. The van der Waals surface area contributed by atoms with Crippen molar-refractivity contribution in [3.05, 3.63) is 29.6 Å². The van der Waals surface area contributed by atoms with Crippen LogP contribution in [0.4, 0.5) is 0 Å². The average molecular weight is 330 g/mol. The summed E-state index contributed by atoms with van der Waals surface area (Å²) < 4.78 is 3.96. The highest BCUT2D eigenvalue weighted by molar-refractivity contribution is 5.79. The van der Waals surface area contributed by atoms with Crippen molar-refractivity contribution >= 4 is 5.96 Å². The third-order valence-electron chi connectivity index (χ3n) is 4.41. The molecular formula is C16H26N8. The molecule has 130 valence electrons. The van der Waals surface area contributed by atoms with Crippen molar-refractivity contribution in [1.82, 2.24) is 35.2 Å². The number of aromatic nitrogens is 5. The molecule has 2 N–H and O–H groups in total. The number of nitrogens with zero attached hydrogens (tertiary/aromatic N) is 6. The molecule has 1 aliphatic rings. The summed E-state index contributed by atoms with van der Waals surface area (Å²) in [4.78, 5) is 4.31. The standard InChI is InChI=1S/C16H26N8/c1-11(2)24-9-12-5-6-13(7-14(12)22-24)20-16(17-3)18-8-15-21-19-10-23(15)4/h9-11,13H,5-8H2,1-4H3,(H2,17,18,20). The second-order valence-electron chi connectivity index (χ2n) is 6.54. The lowest BCUT2D eigenvalue weighted by Gasteiger charge is -2.24. The Morgan fingerprint density at radius 2 is 2.29 bits per heavy atom. The summed E-state index contributed by atoms with van der Waals surface area (Å²) in [6.45, 7) is 4.91. The highest BCUT2D eigenvalue weighted by Crippen LogP contribution is 2.21. The van der Waals surface area contributed by atoms with Gasteiger partial charge in [0.2, 0.25) is 0 Å². The monoisotopic (exact) mass is 330 g/mol. The van der Waals surface area contributed by atoms with E-state index in [9.17, 15) is 0 Å². The van der Waals surface area contributed by atoms with Crippen LogP contribution in [-0.4, -0.2) is 43.6 Å². The van der Waals surface area contributed by atoms with Gasteiger partial charge in [0.05, 0.1) is 12.2 Å². The maximum absolute atomic E-state index is 4.73. The Morgan fingerprint density at radius 3 is 2.96 bits per heavy atom. The lowest BCUT2D eigenvalue weighted by atomic mass is 9.94. The summed E-state index contributed by atoms with van der Waals surface area (Å²) in [7, 11) is 3.72. The number of fused-ring (bicyclic) bond motifs is 1. The van der Waals surface area contributed by atoms with Crippen LogP contribution in [0.5, 0.6) is 0 Å². The van der Waals surface area contributed by atoms with Crippen LogP contribution in [0, 0.1) is 0 Å². The number of hydrogen-bond donors (Lipinski definition) is 2. The number of guanidine groups is 1. The maximum Gasteiger partial charge on any atom is 0.191 e. The topological polar surface area (TPSA) is 85.0 Å². The highest BCUT2D eigenvalue weighted by Gasteiger charge is 2.23. The van der Waals surface area contributed by atoms with Crippen LogP contribution >= 0.6 is 0 Å². The molecule has 3 rings (SSSR count). The number of hydrogen-bond acceptors (Lipinski definition) is 4. The van der Waals surface area contributed by atoms with Crippen LogP contribution in [0.1, 0.15) is 43.4 Å². The lowest BCUT2D eigenvalue weighted by molar-refractivity contribution is 0.499. The van der Waals surface area contributed by atoms with Gasteiger partial charge in [-0.1, -0.05) is 0 Å². The van der Waals surface area contributed by atoms with E-state index in [1.807, 2.05) is 11.6 Å². The molecule has 0 radical (unpaired) electrons. The zero-order valence-corrected chi connectivity index (χ0v) is 14.8. The van der Waals surface area contributed by atoms with Crippen LogP contribution in [0.3, 0.4) is 0 Å². The fourth-order valence-electron chi connectivity index (χ4n) is 2.92. The molecule has 0 spiro atoms. The second-order valence-corrected chi connectivity index (χ2v) is 6.54. The van der Waals surface area contributed by atoms with E-state index in [0.29, 0.717) is 18.6 Å². The SMILES string of the molecule is CN=C(NCc1nncn1C)NC1CCc2cn(C(C)C)nc2C1.